The van der Waals surface area contributed by atoms with E-state index in [4.69, 9.17) is 27.2 Å². The lowest BCUT2D eigenvalue weighted by atomic mass is 9.90. The fraction of sp³-hybridized carbons (Fsp3) is 0.409. The minimum atomic E-state index is -4.87. The van der Waals surface area contributed by atoms with E-state index in [1.54, 1.807) is 12.3 Å². The van der Waals surface area contributed by atoms with Crippen LogP contribution < -0.4 is 16.7 Å². The molecular formula is C22H20ClF3N4O5S. The Morgan fingerprint density at radius 1 is 1.33 bits per heavy atom. The number of benzene rings is 1. The molecule has 2 fully saturated rings. The van der Waals surface area contributed by atoms with Gasteiger partial charge >= 0.3 is 18.0 Å². The number of nitrogens with zero attached hydrogens (tertiary/aromatic N) is 2. The van der Waals surface area contributed by atoms with Crippen LogP contribution in [0.3, 0.4) is 0 Å². The summed E-state index contributed by atoms with van der Waals surface area (Å²) < 4.78 is 52.2. The van der Waals surface area contributed by atoms with Gasteiger partial charge in [0.2, 0.25) is 0 Å². The third-order valence-electron chi connectivity index (χ3n) is 5.32. The summed E-state index contributed by atoms with van der Waals surface area (Å²) in [6, 6.07) is 5.35. The number of carbonyl (C=O) groups is 1. The number of halogens is 4. The molecule has 3 heterocycles. The van der Waals surface area contributed by atoms with Gasteiger partial charge in [-0.25, -0.2) is 9.59 Å². The summed E-state index contributed by atoms with van der Waals surface area (Å²) >= 11 is 7.25. The van der Waals surface area contributed by atoms with Crippen molar-refractivity contribution < 1.29 is 32.5 Å². The lowest BCUT2D eigenvalue weighted by Gasteiger charge is -2.35. The molecule has 1 amide bonds. The number of aliphatic hydroxyl groups excluding tert-OH is 1. The van der Waals surface area contributed by atoms with Crippen molar-refractivity contribution >= 4 is 41.0 Å². The van der Waals surface area contributed by atoms with Crippen molar-refractivity contribution in [3.8, 4) is 11.8 Å². The number of hydrogen-bond donors (Lipinski definition) is 3. The number of aliphatic hydroxyl groups is 1. The molecule has 9 nitrogen and oxygen atoms in total. The second-order valence-electron chi connectivity index (χ2n) is 8.01. The Labute approximate surface area is 212 Å². The maximum absolute atomic E-state index is 13.6. The van der Waals surface area contributed by atoms with E-state index in [0.717, 1.165) is 18.9 Å². The van der Waals surface area contributed by atoms with Gasteiger partial charge in [-0.3, -0.25) is 9.88 Å². The topological polar surface area (TPSA) is 129 Å². The molecule has 1 saturated carbocycles. The van der Waals surface area contributed by atoms with Crippen LogP contribution >= 0.6 is 23.4 Å². The average molecular weight is 545 g/mol. The number of nitrogens with one attached hydrogen (secondary N) is 1. The SMILES string of the molecule is Nc1ccn([C@H]2CS[C@@H](CO)O2)c(=O)n1.O=C1Nc2ccc(Cl)cc2[C@@](C#CC2CC2)(C(F)(F)F)O1. The summed E-state index contributed by atoms with van der Waals surface area (Å²) in [4.78, 5) is 26.5. The van der Waals surface area contributed by atoms with Crippen LogP contribution in [0.5, 0.6) is 0 Å². The summed E-state index contributed by atoms with van der Waals surface area (Å²) in [5.74, 6) is 5.42. The van der Waals surface area contributed by atoms with E-state index in [1.807, 2.05) is 0 Å². The number of ether oxygens (including phenoxy) is 2. The van der Waals surface area contributed by atoms with Crippen LogP contribution in [0.25, 0.3) is 0 Å². The molecule has 1 aromatic carbocycles. The first kappa shape index (κ1) is 26.2. The smallest absolute Gasteiger partial charge is 0.415 e. The van der Waals surface area contributed by atoms with E-state index in [1.165, 1.54) is 28.5 Å². The molecule has 0 spiro atoms. The molecule has 3 atom stereocenters. The zero-order valence-corrected chi connectivity index (χ0v) is 20.0. The quantitative estimate of drug-likeness (QED) is 0.490. The van der Waals surface area contributed by atoms with E-state index >= 15 is 0 Å². The molecule has 36 heavy (non-hydrogen) atoms. The predicted octanol–water partition coefficient (Wildman–Crippen LogP) is 3.48. The lowest BCUT2D eigenvalue weighted by Crippen LogP contribution is -2.49. The van der Waals surface area contributed by atoms with Crippen molar-refractivity contribution in [1.82, 2.24) is 9.55 Å². The zero-order valence-electron chi connectivity index (χ0n) is 18.4. The number of nitrogen functional groups attached to an aromatic ring is 1. The molecule has 2 aromatic rings. The number of aromatic nitrogens is 2. The third-order valence-corrected chi connectivity index (χ3v) is 6.66. The molecule has 0 radical (unpaired) electrons. The Morgan fingerprint density at radius 3 is 2.69 bits per heavy atom. The van der Waals surface area contributed by atoms with Crippen molar-refractivity contribution in [3.63, 3.8) is 0 Å². The van der Waals surface area contributed by atoms with Crippen LogP contribution in [-0.2, 0) is 15.1 Å². The van der Waals surface area contributed by atoms with Gasteiger partial charge in [-0.1, -0.05) is 17.5 Å². The minimum Gasteiger partial charge on any atom is -0.415 e. The van der Waals surface area contributed by atoms with Gasteiger partial charge in [0.05, 0.1) is 12.3 Å². The second-order valence-corrected chi connectivity index (χ2v) is 9.63. The van der Waals surface area contributed by atoms with Gasteiger partial charge in [0.1, 0.15) is 17.5 Å². The summed E-state index contributed by atoms with van der Waals surface area (Å²) in [6.07, 6.45) is -3.35. The van der Waals surface area contributed by atoms with Crippen molar-refractivity contribution in [1.29, 1.82) is 0 Å². The van der Waals surface area contributed by atoms with Crippen LogP contribution in [-0.4, -0.2) is 44.7 Å². The molecule has 4 N–H and O–H groups in total. The highest BCUT2D eigenvalue weighted by atomic mass is 35.5. The summed E-state index contributed by atoms with van der Waals surface area (Å²) in [7, 11) is 0. The fourth-order valence-electron chi connectivity index (χ4n) is 3.38. The molecule has 1 saturated heterocycles. The highest BCUT2D eigenvalue weighted by Crippen LogP contribution is 2.48. The number of nitrogens with two attached hydrogens (primary N) is 1. The molecular weight excluding hydrogens is 525 g/mol. The first-order valence-corrected chi connectivity index (χ1v) is 12.1. The van der Waals surface area contributed by atoms with Gasteiger partial charge in [-0.05, 0) is 43.0 Å². The van der Waals surface area contributed by atoms with Crippen molar-refractivity contribution in [2.45, 2.75) is 36.3 Å². The third kappa shape index (κ3) is 5.57. The molecule has 1 aromatic heterocycles. The number of rotatable bonds is 2. The first-order valence-electron chi connectivity index (χ1n) is 10.6. The Morgan fingerprint density at radius 2 is 2.08 bits per heavy atom. The standard InChI is InChI=1S/C14H9ClF3NO2.C8H11N3O3S/c15-9-3-4-11-10(7-9)13(14(16,17)18,21-12(20)19-11)6-5-8-1-2-8;9-5-1-2-11(8(13)10-5)6-4-15-7(3-12)14-6/h3-4,7-8H,1-2H2,(H,19,20);1-2,6-7,12H,3-4H2,(H2,9,10,13)/t13-;6-,7+/m01/s1. The van der Waals surface area contributed by atoms with E-state index in [0.29, 0.717) is 5.75 Å². The van der Waals surface area contributed by atoms with Crippen LogP contribution in [0.15, 0.2) is 35.3 Å². The minimum absolute atomic E-state index is 0.00179. The number of fused-ring (bicyclic) bond motifs is 1. The molecule has 2 aliphatic heterocycles. The Balaban J connectivity index is 0.000000179. The first-order chi connectivity index (χ1) is 17.0. The fourth-order valence-corrected chi connectivity index (χ4v) is 4.48. The summed E-state index contributed by atoms with van der Waals surface area (Å²) in [5, 5.41) is 11.2. The molecule has 3 aliphatic rings. The van der Waals surface area contributed by atoms with E-state index in [2.05, 4.69) is 26.9 Å². The number of hydrogen-bond acceptors (Lipinski definition) is 8. The highest BCUT2D eigenvalue weighted by Gasteiger charge is 2.62. The number of thioether (sulfide) groups is 1. The predicted molar refractivity (Wildman–Crippen MR) is 126 cm³/mol. The Bertz CT molecular complexity index is 1280. The molecule has 14 heteroatoms. The monoisotopic (exact) mass is 544 g/mol. The van der Waals surface area contributed by atoms with Gasteiger partial charge in [0.15, 0.2) is 0 Å². The van der Waals surface area contributed by atoms with Gasteiger partial charge in [0.25, 0.3) is 5.60 Å². The Kier molecular flexibility index (Phi) is 7.42. The van der Waals surface area contributed by atoms with Crippen LogP contribution in [0.1, 0.15) is 24.6 Å². The number of cyclic esters (lactones) is 1. The highest BCUT2D eigenvalue weighted by molar-refractivity contribution is 8.00. The van der Waals surface area contributed by atoms with E-state index in [-0.39, 0.29) is 46.3 Å². The van der Waals surface area contributed by atoms with Gasteiger partial charge in [-0.2, -0.15) is 18.2 Å². The van der Waals surface area contributed by atoms with Crippen molar-refractivity contribution in [2.75, 3.05) is 23.4 Å². The van der Waals surface area contributed by atoms with Crippen LogP contribution in [0, 0.1) is 17.8 Å². The molecule has 5 rings (SSSR count). The van der Waals surface area contributed by atoms with Crippen molar-refractivity contribution in [3.05, 3.63) is 51.5 Å². The number of alkyl halides is 3. The van der Waals surface area contributed by atoms with Crippen LogP contribution in [0.2, 0.25) is 5.02 Å². The van der Waals surface area contributed by atoms with Crippen LogP contribution in [0.4, 0.5) is 29.5 Å². The van der Waals surface area contributed by atoms with E-state index < -0.39 is 23.6 Å². The van der Waals surface area contributed by atoms with Gasteiger partial charge in [0, 0.05) is 28.5 Å². The number of carbonyl (C=O) groups excluding carboxylic acids is 1. The van der Waals surface area contributed by atoms with E-state index in [9.17, 15) is 22.8 Å². The largest absolute Gasteiger partial charge is 0.445 e. The summed E-state index contributed by atoms with van der Waals surface area (Å²) in [6.45, 7) is -0.0572. The van der Waals surface area contributed by atoms with Crippen molar-refractivity contribution in [2.24, 2.45) is 5.92 Å². The normalized spacial score (nSPS) is 24.9. The van der Waals surface area contributed by atoms with Gasteiger partial charge < -0.3 is 20.3 Å². The summed E-state index contributed by atoms with van der Waals surface area (Å²) in [5.41, 5.74) is 1.40. The molecule has 192 valence electrons. The number of anilines is 2. The van der Waals surface area contributed by atoms with Gasteiger partial charge in [-0.15, -0.1) is 11.8 Å². The molecule has 1 aliphatic carbocycles. The maximum Gasteiger partial charge on any atom is 0.445 e. The Hall–Kier alpha value is -2.92. The average Bonchev–Trinajstić information content (AvgIpc) is 3.52. The lowest BCUT2D eigenvalue weighted by molar-refractivity contribution is -0.239. The number of amides is 1. The maximum atomic E-state index is 13.6. The second kappa shape index (κ2) is 10.2. The zero-order chi connectivity index (χ0) is 26.1. The molecule has 0 bridgehead atoms. The molecule has 0 unspecified atom stereocenters.